The van der Waals surface area contributed by atoms with Crippen molar-refractivity contribution in [2.45, 2.75) is 39.9 Å². The van der Waals surface area contributed by atoms with Gasteiger partial charge in [-0.2, -0.15) is 5.10 Å². The molecule has 1 N–H and O–H groups in total. The number of aryl methyl sites for hydroxylation is 2. The zero-order valence-electron chi connectivity index (χ0n) is 11.7. The molecule has 2 aromatic rings. The first kappa shape index (κ1) is 14.1. The molecule has 0 bridgehead atoms. The molecule has 4 heteroatoms. The molecule has 0 saturated carbocycles. The van der Waals surface area contributed by atoms with Crippen LogP contribution in [-0.2, 0) is 13.1 Å². The van der Waals surface area contributed by atoms with E-state index in [0.29, 0.717) is 0 Å². The van der Waals surface area contributed by atoms with Crippen molar-refractivity contribution in [1.29, 1.82) is 0 Å². The first-order chi connectivity index (χ1) is 9.10. The summed E-state index contributed by atoms with van der Waals surface area (Å²) >= 11 is 5.90. The second-order valence-electron chi connectivity index (χ2n) is 4.75. The summed E-state index contributed by atoms with van der Waals surface area (Å²) in [6, 6.07) is 10.4. The van der Waals surface area contributed by atoms with Crippen LogP contribution in [0.1, 0.15) is 36.8 Å². The highest BCUT2D eigenvalue weighted by Gasteiger charge is 2.08. The van der Waals surface area contributed by atoms with Crippen LogP contribution in [0.5, 0.6) is 0 Å². The van der Waals surface area contributed by atoms with E-state index in [0.717, 1.165) is 23.8 Å². The topological polar surface area (TPSA) is 29.9 Å². The lowest BCUT2D eigenvalue weighted by Crippen LogP contribution is -2.20. The Morgan fingerprint density at radius 2 is 2.00 bits per heavy atom. The van der Waals surface area contributed by atoms with Gasteiger partial charge in [-0.1, -0.05) is 23.7 Å². The fourth-order valence-electron chi connectivity index (χ4n) is 2.14. The Morgan fingerprint density at radius 3 is 2.63 bits per heavy atom. The molecule has 0 aliphatic carbocycles. The van der Waals surface area contributed by atoms with Gasteiger partial charge in [0.15, 0.2) is 0 Å². The minimum Gasteiger partial charge on any atom is -0.305 e. The Bertz CT molecular complexity index is 531. The van der Waals surface area contributed by atoms with E-state index >= 15 is 0 Å². The lowest BCUT2D eigenvalue weighted by Gasteiger charge is -2.14. The van der Waals surface area contributed by atoms with Crippen molar-refractivity contribution in [3.63, 3.8) is 0 Å². The number of rotatable bonds is 5. The smallest absolute Gasteiger partial charge is 0.0597 e. The summed E-state index contributed by atoms with van der Waals surface area (Å²) in [4.78, 5) is 0. The Hall–Kier alpha value is -1.32. The monoisotopic (exact) mass is 277 g/mol. The molecule has 0 aliphatic heterocycles. The average Bonchev–Trinajstić information content (AvgIpc) is 2.77. The van der Waals surface area contributed by atoms with E-state index in [1.165, 1.54) is 11.3 Å². The van der Waals surface area contributed by atoms with Gasteiger partial charge in [0.2, 0.25) is 0 Å². The fraction of sp³-hybridized carbons (Fsp3) is 0.400. The molecule has 102 valence electrons. The van der Waals surface area contributed by atoms with Crippen molar-refractivity contribution in [2.24, 2.45) is 0 Å². The van der Waals surface area contributed by atoms with Crippen LogP contribution in [0, 0.1) is 6.92 Å². The molecule has 0 saturated heterocycles. The summed E-state index contributed by atoms with van der Waals surface area (Å²) in [5.41, 5.74) is 3.53. The fourth-order valence-corrected chi connectivity index (χ4v) is 2.27. The number of halogens is 1. The predicted molar refractivity (Wildman–Crippen MR) is 79.3 cm³/mol. The molecule has 0 aliphatic rings. The van der Waals surface area contributed by atoms with E-state index in [1.807, 2.05) is 23.7 Å². The molecule has 0 unspecified atom stereocenters. The van der Waals surface area contributed by atoms with E-state index in [9.17, 15) is 0 Å². The summed E-state index contributed by atoms with van der Waals surface area (Å²) in [5, 5.41) is 8.74. The number of benzene rings is 1. The minimum atomic E-state index is 0.290. The molecular formula is C15H20ClN3. The standard InChI is InChI=1S/C15H20ClN3/c1-4-19-15(9-11(2)18-19)10-17-12(3)13-5-7-14(16)8-6-13/h5-9,12,17H,4,10H2,1-3H3/t12-/m1/s1. The van der Waals surface area contributed by atoms with Gasteiger partial charge in [-0.25, -0.2) is 0 Å². The molecule has 1 aromatic heterocycles. The van der Waals surface area contributed by atoms with Gasteiger partial charge in [0.25, 0.3) is 0 Å². The molecule has 2 rings (SSSR count). The number of hydrogen-bond donors (Lipinski definition) is 1. The molecule has 3 nitrogen and oxygen atoms in total. The highest BCUT2D eigenvalue weighted by molar-refractivity contribution is 6.30. The molecule has 0 spiro atoms. The van der Waals surface area contributed by atoms with Gasteiger partial charge in [-0.05, 0) is 44.5 Å². The summed E-state index contributed by atoms with van der Waals surface area (Å²) in [7, 11) is 0. The molecule has 19 heavy (non-hydrogen) atoms. The summed E-state index contributed by atoms with van der Waals surface area (Å²) in [5.74, 6) is 0. The van der Waals surface area contributed by atoms with Crippen LogP contribution >= 0.6 is 11.6 Å². The first-order valence-electron chi connectivity index (χ1n) is 6.62. The predicted octanol–water partition coefficient (Wildman–Crippen LogP) is 3.72. The second-order valence-corrected chi connectivity index (χ2v) is 5.18. The quantitative estimate of drug-likeness (QED) is 0.903. The number of aromatic nitrogens is 2. The largest absolute Gasteiger partial charge is 0.305 e. The summed E-state index contributed by atoms with van der Waals surface area (Å²) in [6.45, 7) is 8.01. The number of nitrogens with zero attached hydrogens (tertiary/aromatic N) is 2. The number of nitrogens with one attached hydrogen (secondary N) is 1. The third kappa shape index (κ3) is 3.58. The van der Waals surface area contributed by atoms with Gasteiger partial charge < -0.3 is 5.32 Å². The van der Waals surface area contributed by atoms with E-state index in [1.54, 1.807) is 0 Å². The molecule has 0 radical (unpaired) electrons. The van der Waals surface area contributed by atoms with Crippen molar-refractivity contribution in [2.75, 3.05) is 0 Å². The van der Waals surface area contributed by atoms with Crippen LogP contribution in [0.15, 0.2) is 30.3 Å². The van der Waals surface area contributed by atoms with Gasteiger partial charge in [-0.3, -0.25) is 4.68 Å². The Kier molecular flexibility index (Phi) is 4.61. The van der Waals surface area contributed by atoms with Gasteiger partial charge in [0.1, 0.15) is 0 Å². The van der Waals surface area contributed by atoms with Crippen LogP contribution in [-0.4, -0.2) is 9.78 Å². The third-order valence-electron chi connectivity index (χ3n) is 3.24. The van der Waals surface area contributed by atoms with E-state index in [2.05, 4.69) is 42.5 Å². The third-order valence-corrected chi connectivity index (χ3v) is 3.50. The average molecular weight is 278 g/mol. The SMILES string of the molecule is CCn1nc(C)cc1CN[C@H](C)c1ccc(Cl)cc1. The molecule has 1 atom stereocenters. The zero-order valence-corrected chi connectivity index (χ0v) is 12.4. The van der Waals surface area contributed by atoms with Crippen molar-refractivity contribution in [3.8, 4) is 0 Å². The zero-order chi connectivity index (χ0) is 13.8. The Morgan fingerprint density at radius 1 is 1.32 bits per heavy atom. The van der Waals surface area contributed by atoms with Crippen LogP contribution in [0.25, 0.3) is 0 Å². The first-order valence-corrected chi connectivity index (χ1v) is 7.00. The maximum Gasteiger partial charge on any atom is 0.0597 e. The molecule has 0 fully saturated rings. The van der Waals surface area contributed by atoms with Crippen LogP contribution in [0.4, 0.5) is 0 Å². The van der Waals surface area contributed by atoms with Crippen LogP contribution in [0.2, 0.25) is 5.02 Å². The summed E-state index contributed by atoms with van der Waals surface area (Å²) < 4.78 is 2.04. The summed E-state index contributed by atoms with van der Waals surface area (Å²) in [6.07, 6.45) is 0. The van der Waals surface area contributed by atoms with Crippen molar-refractivity contribution in [3.05, 3.63) is 52.3 Å². The van der Waals surface area contributed by atoms with Crippen molar-refractivity contribution < 1.29 is 0 Å². The second kappa shape index (κ2) is 6.22. The minimum absolute atomic E-state index is 0.290. The van der Waals surface area contributed by atoms with Crippen LogP contribution < -0.4 is 5.32 Å². The van der Waals surface area contributed by atoms with Crippen molar-refractivity contribution >= 4 is 11.6 Å². The molecule has 1 heterocycles. The van der Waals surface area contributed by atoms with Gasteiger partial charge in [0, 0.05) is 24.2 Å². The normalized spacial score (nSPS) is 12.6. The molecular weight excluding hydrogens is 258 g/mol. The lowest BCUT2D eigenvalue weighted by molar-refractivity contribution is 0.531. The van der Waals surface area contributed by atoms with E-state index in [-0.39, 0.29) is 6.04 Å². The Labute approximate surface area is 119 Å². The lowest BCUT2D eigenvalue weighted by atomic mass is 10.1. The van der Waals surface area contributed by atoms with Gasteiger partial charge in [-0.15, -0.1) is 0 Å². The maximum absolute atomic E-state index is 5.90. The van der Waals surface area contributed by atoms with E-state index in [4.69, 9.17) is 11.6 Å². The van der Waals surface area contributed by atoms with E-state index < -0.39 is 0 Å². The Balaban J connectivity index is 1.99. The molecule has 1 aromatic carbocycles. The maximum atomic E-state index is 5.90. The van der Waals surface area contributed by atoms with Gasteiger partial charge >= 0.3 is 0 Å². The number of hydrogen-bond acceptors (Lipinski definition) is 2. The van der Waals surface area contributed by atoms with Gasteiger partial charge in [0.05, 0.1) is 11.4 Å². The molecule has 0 amide bonds. The van der Waals surface area contributed by atoms with Crippen LogP contribution in [0.3, 0.4) is 0 Å². The highest BCUT2D eigenvalue weighted by atomic mass is 35.5. The highest BCUT2D eigenvalue weighted by Crippen LogP contribution is 2.16. The van der Waals surface area contributed by atoms with Crippen molar-refractivity contribution in [1.82, 2.24) is 15.1 Å².